The highest BCUT2D eigenvalue weighted by atomic mass is 16.5. The molecule has 1 aromatic carbocycles. The van der Waals surface area contributed by atoms with E-state index in [2.05, 4.69) is 0 Å². The van der Waals surface area contributed by atoms with Crippen LogP contribution < -0.4 is 5.43 Å². The lowest BCUT2D eigenvalue weighted by Crippen LogP contribution is -2.37. The van der Waals surface area contributed by atoms with E-state index in [9.17, 15) is 14.4 Å². The smallest absolute Gasteiger partial charge is 0.374 e. The molecule has 0 saturated carbocycles. The summed E-state index contributed by atoms with van der Waals surface area (Å²) in [5.74, 6) is -1.20. The molecular formula is C19H21NO5. The van der Waals surface area contributed by atoms with Gasteiger partial charge in [0.2, 0.25) is 5.76 Å². The first-order valence-electron chi connectivity index (χ1n) is 8.63. The molecule has 0 spiro atoms. The average molecular weight is 343 g/mol. The van der Waals surface area contributed by atoms with Crippen LogP contribution in [0.4, 0.5) is 0 Å². The van der Waals surface area contributed by atoms with Crippen LogP contribution in [0.5, 0.6) is 0 Å². The van der Waals surface area contributed by atoms with Crippen LogP contribution in [0.2, 0.25) is 0 Å². The monoisotopic (exact) mass is 343 g/mol. The third-order valence-electron chi connectivity index (χ3n) is 4.37. The summed E-state index contributed by atoms with van der Waals surface area (Å²) in [5.41, 5.74) is 0.000870. The molecule has 6 nitrogen and oxygen atoms in total. The molecule has 0 aliphatic carbocycles. The lowest BCUT2D eigenvalue weighted by atomic mass is 10.1. The van der Waals surface area contributed by atoms with Crippen LogP contribution in [0.3, 0.4) is 0 Å². The highest BCUT2D eigenvalue weighted by Gasteiger charge is 2.19. The minimum Gasteiger partial charge on any atom is -0.450 e. The predicted molar refractivity (Wildman–Crippen MR) is 92.4 cm³/mol. The van der Waals surface area contributed by atoms with E-state index < -0.39 is 5.97 Å². The van der Waals surface area contributed by atoms with Gasteiger partial charge in [-0.2, -0.15) is 0 Å². The molecule has 0 atom stereocenters. The molecule has 2 heterocycles. The first kappa shape index (κ1) is 17.2. The Labute approximate surface area is 145 Å². The molecule has 1 saturated heterocycles. The minimum absolute atomic E-state index is 0.191. The quantitative estimate of drug-likeness (QED) is 0.801. The van der Waals surface area contributed by atoms with Crippen molar-refractivity contribution >= 4 is 22.8 Å². The first-order chi connectivity index (χ1) is 12.1. The zero-order valence-electron chi connectivity index (χ0n) is 14.0. The molecule has 25 heavy (non-hydrogen) atoms. The van der Waals surface area contributed by atoms with Gasteiger partial charge in [0, 0.05) is 19.2 Å². The summed E-state index contributed by atoms with van der Waals surface area (Å²) >= 11 is 0. The van der Waals surface area contributed by atoms with Crippen LogP contribution in [0.1, 0.15) is 42.7 Å². The van der Waals surface area contributed by atoms with Gasteiger partial charge in [0.1, 0.15) is 5.58 Å². The summed E-state index contributed by atoms with van der Waals surface area (Å²) in [5, 5.41) is 0.399. The molecule has 3 rings (SSSR count). The van der Waals surface area contributed by atoms with Gasteiger partial charge in [0.15, 0.2) is 12.0 Å². The Bertz CT molecular complexity index is 818. The fourth-order valence-corrected chi connectivity index (χ4v) is 2.99. The third kappa shape index (κ3) is 4.26. The van der Waals surface area contributed by atoms with Gasteiger partial charge in [-0.05, 0) is 25.0 Å². The molecular weight excluding hydrogens is 322 g/mol. The summed E-state index contributed by atoms with van der Waals surface area (Å²) in [6, 6.07) is 7.77. The third-order valence-corrected chi connectivity index (χ3v) is 4.37. The Morgan fingerprint density at radius 1 is 1.04 bits per heavy atom. The number of rotatable bonds is 3. The molecule has 0 N–H and O–H groups in total. The van der Waals surface area contributed by atoms with Gasteiger partial charge in [-0.1, -0.05) is 31.4 Å². The number of hydrogen-bond donors (Lipinski definition) is 0. The van der Waals surface area contributed by atoms with Gasteiger partial charge in [0.25, 0.3) is 5.91 Å². The number of benzene rings is 1. The fraction of sp³-hybridized carbons (Fsp3) is 0.421. The summed E-state index contributed by atoms with van der Waals surface area (Å²) < 4.78 is 10.5. The van der Waals surface area contributed by atoms with Crippen LogP contribution in [-0.2, 0) is 9.53 Å². The number of hydrogen-bond acceptors (Lipinski definition) is 5. The molecule has 1 fully saturated rings. The molecule has 0 unspecified atom stereocenters. The van der Waals surface area contributed by atoms with Crippen LogP contribution in [-0.4, -0.2) is 36.5 Å². The second-order valence-corrected chi connectivity index (χ2v) is 6.20. The van der Waals surface area contributed by atoms with E-state index in [0.29, 0.717) is 24.1 Å². The number of amides is 1. The minimum atomic E-state index is -0.803. The van der Waals surface area contributed by atoms with Crippen molar-refractivity contribution in [1.29, 1.82) is 0 Å². The molecule has 2 aromatic rings. The van der Waals surface area contributed by atoms with E-state index in [0.717, 1.165) is 31.7 Å². The van der Waals surface area contributed by atoms with Crippen LogP contribution in [0, 0.1) is 0 Å². The number of fused-ring (bicyclic) bond motifs is 1. The number of esters is 1. The van der Waals surface area contributed by atoms with Gasteiger partial charge in [0.05, 0.1) is 5.39 Å². The largest absolute Gasteiger partial charge is 0.450 e. The zero-order valence-corrected chi connectivity index (χ0v) is 14.0. The second-order valence-electron chi connectivity index (χ2n) is 6.20. The Morgan fingerprint density at radius 3 is 2.48 bits per heavy atom. The number of para-hydroxylation sites is 1. The highest BCUT2D eigenvalue weighted by molar-refractivity contribution is 5.90. The van der Waals surface area contributed by atoms with Crippen molar-refractivity contribution in [2.24, 2.45) is 0 Å². The lowest BCUT2D eigenvalue weighted by Gasteiger charge is -2.24. The Hall–Kier alpha value is -2.63. The fourth-order valence-electron chi connectivity index (χ4n) is 2.99. The Balaban J connectivity index is 1.64. The number of likely N-dealkylation sites (tertiary alicyclic amines) is 1. The first-order valence-corrected chi connectivity index (χ1v) is 8.63. The van der Waals surface area contributed by atoms with Gasteiger partial charge in [-0.25, -0.2) is 4.79 Å². The molecule has 132 valence electrons. The summed E-state index contributed by atoms with van der Waals surface area (Å²) in [4.78, 5) is 38.1. The van der Waals surface area contributed by atoms with E-state index in [1.54, 1.807) is 29.2 Å². The van der Waals surface area contributed by atoms with E-state index in [4.69, 9.17) is 9.15 Å². The SMILES string of the molecule is O=C(OCC(=O)N1CCCCCCC1)c1cc(=O)c2ccccc2o1. The maximum Gasteiger partial charge on any atom is 0.374 e. The van der Waals surface area contributed by atoms with Crippen molar-refractivity contribution in [3.8, 4) is 0 Å². The summed E-state index contributed by atoms with van der Waals surface area (Å²) in [6.45, 7) is 1.05. The van der Waals surface area contributed by atoms with E-state index in [1.807, 2.05) is 0 Å². The zero-order chi connectivity index (χ0) is 17.6. The highest BCUT2D eigenvalue weighted by Crippen LogP contribution is 2.13. The van der Waals surface area contributed by atoms with Crippen molar-refractivity contribution in [1.82, 2.24) is 4.90 Å². The number of carbonyl (C=O) groups is 2. The van der Waals surface area contributed by atoms with Crippen LogP contribution in [0.15, 0.2) is 39.5 Å². The normalized spacial score (nSPS) is 15.4. The lowest BCUT2D eigenvalue weighted by molar-refractivity contribution is -0.134. The summed E-state index contributed by atoms with van der Waals surface area (Å²) in [7, 11) is 0. The van der Waals surface area contributed by atoms with Crippen molar-refractivity contribution in [2.75, 3.05) is 19.7 Å². The molecule has 1 aromatic heterocycles. The van der Waals surface area contributed by atoms with Gasteiger partial charge in [-0.3, -0.25) is 9.59 Å². The van der Waals surface area contributed by atoms with Crippen molar-refractivity contribution in [2.45, 2.75) is 32.1 Å². The van der Waals surface area contributed by atoms with Gasteiger partial charge < -0.3 is 14.1 Å². The van der Waals surface area contributed by atoms with Crippen molar-refractivity contribution in [3.05, 3.63) is 46.3 Å². The molecule has 6 heteroatoms. The predicted octanol–water partition coefficient (Wildman–Crippen LogP) is 2.74. The standard InChI is InChI=1S/C19H21NO5/c21-15-12-17(25-16-9-5-4-8-14(15)16)19(23)24-13-18(22)20-10-6-2-1-3-7-11-20/h4-5,8-9,12H,1-3,6-7,10-11,13H2. The van der Waals surface area contributed by atoms with Crippen LogP contribution in [0.25, 0.3) is 11.0 Å². The van der Waals surface area contributed by atoms with E-state index in [-0.39, 0.29) is 23.7 Å². The second kappa shape index (κ2) is 7.96. The average Bonchev–Trinajstić information content (AvgIpc) is 2.59. The maximum absolute atomic E-state index is 12.2. The number of nitrogens with zero attached hydrogens (tertiary/aromatic N) is 1. The molecule has 1 aliphatic heterocycles. The molecule has 1 amide bonds. The van der Waals surface area contributed by atoms with Gasteiger partial charge >= 0.3 is 5.97 Å². The summed E-state index contributed by atoms with van der Waals surface area (Å²) in [6.07, 6.45) is 5.38. The Kier molecular flexibility index (Phi) is 5.48. The van der Waals surface area contributed by atoms with Crippen LogP contribution >= 0.6 is 0 Å². The molecule has 1 aliphatic rings. The molecule has 0 bridgehead atoms. The Morgan fingerprint density at radius 2 is 1.72 bits per heavy atom. The van der Waals surface area contributed by atoms with Gasteiger partial charge in [-0.15, -0.1) is 0 Å². The van der Waals surface area contributed by atoms with E-state index >= 15 is 0 Å². The van der Waals surface area contributed by atoms with Crippen molar-refractivity contribution < 1.29 is 18.7 Å². The number of carbonyl (C=O) groups excluding carboxylic acids is 2. The van der Waals surface area contributed by atoms with E-state index in [1.165, 1.54) is 6.42 Å². The molecule has 0 radical (unpaired) electrons. The van der Waals surface area contributed by atoms with Crippen molar-refractivity contribution in [3.63, 3.8) is 0 Å². The number of ether oxygens (including phenoxy) is 1. The topological polar surface area (TPSA) is 76.8 Å². The maximum atomic E-state index is 12.2.